The number of allylic oxidation sites excluding steroid dienone is 4. The summed E-state index contributed by atoms with van der Waals surface area (Å²) in [6.07, 6.45) is 14.0. The second kappa shape index (κ2) is 15.9. The van der Waals surface area contributed by atoms with Crippen molar-refractivity contribution in [2.45, 2.75) is 45.6 Å². The third kappa shape index (κ3) is 6.60. The van der Waals surface area contributed by atoms with Gasteiger partial charge in [0, 0.05) is 62.7 Å². The van der Waals surface area contributed by atoms with Crippen LogP contribution in [0.15, 0.2) is 246 Å². The van der Waals surface area contributed by atoms with Gasteiger partial charge in [-0.1, -0.05) is 178 Å². The molecule has 4 nitrogen and oxygen atoms in total. The molecule has 4 aliphatic heterocycles. The average molecular weight is 951 g/mol. The van der Waals surface area contributed by atoms with Gasteiger partial charge in [0.05, 0.1) is 23.8 Å². The Morgan fingerprint density at radius 1 is 0.377 bits per heavy atom. The molecule has 0 unspecified atom stereocenters. The average Bonchev–Trinajstić information content (AvgIpc) is 4.22. The molecule has 0 N–H and O–H groups in total. The molecule has 10 heteroatoms. The van der Waals surface area contributed by atoms with Gasteiger partial charge in [-0.25, -0.2) is 9.36 Å². The lowest BCUT2D eigenvalue weighted by Crippen LogP contribution is -2.58. The normalized spacial score (nSPS) is 14.5. The number of rotatable bonds is 6. The van der Waals surface area contributed by atoms with E-state index in [0.717, 1.165) is 28.9 Å². The van der Waals surface area contributed by atoms with E-state index >= 15 is 0 Å². The summed E-state index contributed by atoms with van der Waals surface area (Å²) in [6.45, 7) is 0.254. The molecule has 69 heavy (non-hydrogen) atoms. The maximum atomic E-state index is 4.85. The van der Waals surface area contributed by atoms with Crippen LogP contribution in [0.5, 0.6) is 0 Å². The Morgan fingerprint density at radius 2 is 0.812 bits per heavy atom. The summed E-state index contributed by atoms with van der Waals surface area (Å²) in [5.41, 5.74) is 20.3. The van der Waals surface area contributed by atoms with Gasteiger partial charge in [0.2, 0.25) is 13.4 Å². The van der Waals surface area contributed by atoms with Crippen LogP contribution in [0.1, 0.15) is 17.5 Å². The van der Waals surface area contributed by atoms with E-state index in [-0.39, 0.29) is 13.4 Å². The first-order valence-electron chi connectivity index (χ1n) is 23.3. The van der Waals surface area contributed by atoms with Crippen LogP contribution >= 0.6 is 47.0 Å². The summed E-state index contributed by atoms with van der Waals surface area (Å²) in [6, 6.07) is 62.9. The Hall–Kier alpha value is -6.81. The lowest BCUT2D eigenvalue weighted by atomic mass is 9.36. The summed E-state index contributed by atoms with van der Waals surface area (Å²) in [5, 5.41) is 9.70. The lowest BCUT2D eigenvalue weighted by molar-refractivity contribution is 0.880. The van der Waals surface area contributed by atoms with Crippen LogP contribution in [0.3, 0.4) is 0 Å². The molecule has 6 heterocycles. The molecule has 0 radical (unpaired) electrons. The zero-order chi connectivity index (χ0) is 45.2. The molecule has 1 aliphatic carbocycles. The van der Waals surface area contributed by atoms with Gasteiger partial charge >= 0.3 is 0 Å². The van der Waals surface area contributed by atoms with Crippen molar-refractivity contribution >= 4 is 104 Å². The quantitative estimate of drug-likeness (QED) is 0.155. The molecular formula is C59H36B2N4S4. The van der Waals surface area contributed by atoms with Gasteiger partial charge in [0.15, 0.2) is 0 Å². The first-order valence-corrected chi connectivity index (χ1v) is 26.6. The Morgan fingerprint density at radius 3 is 1.30 bits per heavy atom. The number of hydrogen-bond donors (Lipinski definition) is 0. The molecule has 322 valence electrons. The minimum Gasteiger partial charge on any atom is -0.240 e. The minimum atomic E-state index is 0.125. The summed E-state index contributed by atoms with van der Waals surface area (Å²) in [4.78, 5) is 10.7. The number of fused-ring (bicyclic) bond motifs is 8. The van der Waals surface area contributed by atoms with Crippen molar-refractivity contribution < 1.29 is 0 Å². The predicted molar refractivity (Wildman–Crippen MR) is 290 cm³/mol. The highest BCUT2D eigenvalue weighted by Crippen LogP contribution is 2.42. The van der Waals surface area contributed by atoms with E-state index in [1.807, 2.05) is 68.8 Å². The second-order valence-corrected chi connectivity index (χ2v) is 22.5. The van der Waals surface area contributed by atoms with Gasteiger partial charge in [-0.3, -0.25) is 0 Å². The molecule has 0 saturated heterocycles. The molecule has 0 saturated carbocycles. The maximum absolute atomic E-state index is 4.85. The number of benzene rings is 8. The highest BCUT2D eigenvalue weighted by atomic mass is 32.2. The van der Waals surface area contributed by atoms with E-state index in [9.17, 15) is 0 Å². The van der Waals surface area contributed by atoms with Crippen LogP contribution in [-0.4, -0.2) is 33.0 Å². The summed E-state index contributed by atoms with van der Waals surface area (Å²) < 4.78 is 4.06. The molecule has 15 rings (SSSR count). The van der Waals surface area contributed by atoms with Crippen LogP contribution in [0.25, 0.3) is 44.8 Å². The van der Waals surface area contributed by atoms with E-state index in [4.69, 9.17) is 10.2 Å². The van der Waals surface area contributed by atoms with E-state index in [0.29, 0.717) is 0 Å². The summed E-state index contributed by atoms with van der Waals surface area (Å²) >= 11 is 7.62. The minimum absolute atomic E-state index is 0.125. The van der Waals surface area contributed by atoms with E-state index in [2.05, 4.69) is 194 Å². The Bertz CT molecular complexity index is 3830. The first kappa shape index (κ1) is 40.1. The highest BCUT2D eigenvalue weighted by Gasteiger charge is 2.40. The Kier molecular flexibility index (Phi) is 9.23. The van der Waals surface area contributed by atoms with Crippen LogP contribution in [0.4, 0.5) is 0 Å². The van der Waals surface area contributed by atoms with Gasteiger partial charge in [-0.15, -0.1) is 0 Å². The highest BCUT2D eigenvalue weighted by molar-refractivity contribution is 8.02. The van der Waals surface area contributed by atoms with E-state index < -0.39 is 0 Å². The van der Waals surface area contributed by atoms with Crippen LogP contribution in [0, 0.1) is 0 Å². The summed E-state index contributed by atoms with van der Waals surface area (Å²) in [5.74, 6) is 0. The Balaban J connectivity index is 0.778. The third-order valence-electron chi connectivity index (χ3n) is 14.2. The van der Waals surface area contributed by atoms with Crippen molar-refractivity contribution in [1.29, 1.82) is 0 Å². The van der Waals surface area contributed by atoms with Gasteiger partial charge in [0.25, 0.3) is 0 Å². The molecule has 0 spiro atoms. The fourth-order valence-corrected chi connectivity index (χ4v) is 15.7. The van der Waals surface area contributed by atoms with Crippen LogP contribution in [-0.2, 0) is 0 Å². The fourth-order valence-electron chi connectivity index (χ4n) is 10.9. The second-order valence-electron chi connectivity index (χ2n) is 18.2. The van der Waals surface area contributed by atoms with Gasteiger partial charge in [0.1, 0.15) is 0 Å². The molecule has 5 aliphatic rings. The van der Waals surface area contributed by atoms with Crippen molar-refractivity contribution in [3.8, 4) is 33.6 Å². The van der Waals surface area contributed by atoms with Crippen molar-refractivity contribution in [2.24, 2.45) is 0 Å². The van der Waals surface area contributed by atoms with E-state index in [1.54, 1.807) is 0 Å². The van der Waals surface area contributed by atoms with Crippen LogP contribution in [0.2, 0.25) is 0 Å². The first-order chi connectivity index (χ1) is 34.1. The topological polar surface area (TPSA) is 35.6 Å². The fraction of sp³-hybridized carbons (Fsp3) is 0.0169. The number of hydrogen-bond acceptors (Lipinski definition) is 6. The smallest absolute Gasteiger partial charge is 0.240 e. The number of aromatic nitrogens is 4. The van der Waals surface area contributed by atoms with Crippen molar-refractivity contribution in [3.05, 3.63) is 218 Å². The zero-order valence-electron chi connectivity index (χ0n) is 36.9. The zero-order valence-corrected chi connectivity index (χ0v) is 40.2. The van der Waals surface area contributed by atoms with Gasteiger partial charge in [-0.2, -0.15) is 10.2 Å². The monoisotopic (exact) mass is 950 g/mol. The van der Waals surface area contributed by atoms with Gasteiger partial charge in [-0.05, 0) is 124 Å². The third-order valence-corrected chi connectivity index (χ3v) is 18.9. The molecule has 0 bridgehead atoms. The van der Waals surface area contributed by atoms with E-state index in [1.165, 1.54) is 105 Å². The standard InChI is InChI=1S/C59H36B2N4S4/c1-3-9-36(10-4-1)42-32-62-64(34-42)44-21-25-52-48(30-44)60-46-28-40(19-23-50(46)66-54-13-7-15-56(68-52)58(54)60)38-17-18-39(27-38)41-20-24-51-47(29-41)61-49-31-45(65-35-43(33-63-65)37-11-5-2-6-12-37)22-26-53(49)69-57-16-8-14-55(67-51)59(57)61/h1-17,19-35H,18H2. The van der Waals surface area contributed by atoms with Gasteiger partial charge < -0.3 is 0 Å². The van der Waals surface area contributed by atoms with Crippen molar-refractivity contribution in [1.82, 2.24) is 19.6 Å². The maximum Gasteiger partial charge on any atom is 0.247 e. The predicted octanol–water partition coefficient (Wildman–Crippen LogP) is 11.2. The molecule has 0 fully saturated rings. The largest absolute Gasteiger partial charge is 0.247 e. The molecule has 8 aromatic carbocycles. The molecule has 10 aromatic rings. The molecular weight excluding hydrogens is 915 g/mol. The molecule has 0 amide bonds. The Labute approximate surface area is 418 Å². The number of nitrogens with zero attached hydrogens (tertiary/aromatic N) is 4. The van der Waals surface area contributed by atoms with Crippen molar-refractivity contribution in [3.63, 3.8) is 0 Å². The lowest BCUT2D eigenvalue weighted by Gasteiger charge is -2.33. The summed E-state index contributed by atoms with van der Waals surface area (Å²) in [7, 11) is 0. The van der Waals surface area contributed by atoms with Crippen molar-refractivity contribution in [2.75, 3.05) is 0 Å². The van der Waals surface area contributed by atoms with Crippen LogP contribution < -0.4 is 32.8 Å². The molecule has 0 atom stereocenters. The SMILES string of the molecule is C1=C(c2ccc3c(c2)B2c4cc(-n5cc(-c6ccccc6)cn5)ccc4Sc4cccc(c42)S3)C=C(c2ccc3c(c2)B2c4cc(-n5cc(-c6ccccc6)cn5)ccc4Sc4cccc(c42)S3)C1. The molecule has 2 aromatic heterocycles.